The lowest BCUT2D eigenvalue weighted by Gasteiger charge is -2.32. The quantitative estimate of drug-likeness (QED) is 0.838. The molecule has 5 heteroatoms. The Labute approximate surface area is 146 Å². The highest BCUT2D eigenvalue weighted by Gasteiger charge is 2.14. The summed E-state index contributed by atoms with van der Waals surface area (Å²) in [5, 5.41) is 9.15. The van der Waals surface area contributed by atoms with E-state index in [0.29, 0.717) is 0 Å². The summed E-state index contributed by atoms with van der Waals surface area (Å²) in [5.74, 6) is 0.850. The maximum Gasteiger partial charge on any atom is 0.0542 e. The molecule has 1 N–H and O–H groups in total. The standard InChI is InChI=1S/C19H31N5/c1-17-7-9-23(10-8-17)20-15-18-3-5-19(6-4-18)16-21-24-13-11-22(2)12-14-24/h3-6,15,17,21H,7-14,16H2,1-2H3/b20-15+. The van der Waals surface area contributed by atoms with E-state index in [1.54, 1.807) is 0 Å². The van der Waals surface area contributed by atoms with Gasteiger partial charge in [-0.25, -0.2) is 5.01 Å². The summed E-state index contributed by atoms with van der Waals surface area (Å²) >= 11 is 0. The molecule has 1 aromatic carbocycles. The van der Waals surface area contributed by atoms with Crippen molar-refractivity contribution in [2.75, 3.05) is 46.3 Å². The van der Waals surface area contributed by atoms with Crippen molar-refractivity contribution in [1.82, 2.24) is 20.3 Å². The highest BCUT2D eigenvalue weighted by molar-refractivity contribution is 5.79. The van der Waals surface area contributed by atoms with Crippen LogP contribution < -0.4 is 5.43 Å². The van der Waals surface area contributed by atoms with Gasteiger partial charge in [0.05, 0.1) is 6.21 Å². The maximum absolute atomic E-state index is 4.62. The Bertz CT molecular complexity index is 511. The molecule has 5 nitrogen and oxygen atoms in total. The van der Waals surface area contributed by atoms with E-state index in [9.17, 15) is 0 Å². The summed E-state index contributed by atoms with van der Waals surface area (Å²) in [4.78, 5) is 2.37. The van der Waals surface area contributed by atoms with Gasteiger partial charge in [0.25, 0.3) is 0 Å². The van der Waals surface area contributed by atoms with Crippen LogP contribution in [-0.4, -0.2) is 67.4 Å². The van der Waals surface area contributed by atoms with Crippen LogP contribution in [0.2, 0.25) is 0 Å². The zero-order valence-electron chi connectivity index (χ0n) is 15.1. The number of nitrogens with one attached hydrogen (secondary N) is 1. The summed E-state index contributed by atoms with van der Waals surface area (Å²) in [7, 11) is 2.18. The van der Waals surface area contributed by atoms with Crippen molar-refractivity contribution in [3.8, 4) is 0 Å². The highest BCUT2D eigenvalue weighted by atomic mass is 15.5. The van der Waals surface area contributed by atoms with E-state index in [0.717, 1.165) is 51.7 Å². The van der Waals surface area contributed by atoms with E-state index in [-0.39, 0.29) is 0 Å². The number of piperazine rings is 1. The SMILES string of the molecule is CC1CCN(/N=C/c2ccc(CNN3CCN(C)CC3)cc2)CC1. The van der Waals surface area contributed by atoms with Crippen molar-refractivity contribution >= 4 is 6.21 Å². The lowest BCUT2D eigenvalue weighted by molar-refractivity contribution is 0.102. The number of benzene rings is 1. The number of hydrogen-bond acceptors (Lipinski definition) is 5. The second-order valence-electron chi connectivity index (χ2n) is 7.25. The van der Waals surface area contributed by atoms with Gasteiger partial charge in [0, 0.05) is 45.8 Å². The molecule has 1 aromatic rings. The van der Waals surface area contributed by atoms with Crippen LogP contribution in [0, 0.1) is 5.92 Å². The maximum atomic E-state index is 4.62. The van der Waals surface area contributed by atoms with E-state index in [4.69, 9.17) is 0 Å². The Morgan fingerprint density at radius 2 is 1.71 bits per heavy atom. The van der Waals surface area contributed by atoms with Crippen molar-refractivity contribution in [2.45, 2.75) is 26.3 Å². The molecular formula is C19H31N5. The minimum Gasteiger partial charge on any atom is -0.304 e. The lowest BCUT2D eigenvalue weighted by atomic mass is 10.0. The van der Waals surface area contributed by atoms with Crippen LogP contribution in [0.3, 0.4) is 0 Å². The molecule has 2 aliphatic rings. The van der Waals surface area contributed by atoms with Crippen molar-refractivity contribution < 1.29 is 0 Å². The average Bonchev–Trinajstić information content (AvgIpc) is 2.62. The molecule has 2 saturated heterocycles. The fourth-order valence-electron chi connectivity index (χ4n) is 3.15. The predicted octanol–water partition coefficient (Wildman–Crippen LogP) is 2.00. The minimum absolute atomic E-state index is 0.850. The normalized spacial score (nSPS) is 21.7. The molecule has 0 bridgehead atoms. The Balaban J connectivity index is 1.43. The zero-order valence-corrected chi connectivity index (χ0v) is 15.1. The smallest absolute Gasteiger partial charge is 0.0542 e. The Hall–Kier alpha value is -1.43. The highest BCUT2D eigenvalue weighted by Crippen LogP contribution is 2.16. The third kappa shape index (κ3) is 5.30. The van der Waals surface area contributed by atoms with Crippen LogP contribution in [0.15, 0.2) is 29.4 Å². The fourth-order valence-corrected chi connectivity index (χ4v) is 3.15. The van der Waals surface area contributed by atoms with Gasteiger partial charge in [0.2, 0.25) is 0 Å². The molecule has 0 saturated carbocycles. The number of piperidine rings is 1. The van der Waals surface area contributed by atoms with Crippen molar-refractivity contribution in [2.24, 2.45) is 11.0 Å². The monoisotopic (exact) mass is 329 g/mol. The van der Waals surface area contributed by atoms with Gasteiger partial charge in [-0.15, -0.1) is 0 Å². The number of hydrazone groups is 1. The number of rotatable bonds is 5. The molecule has 0 atom stereocenters. The van der Waals surface area contributed by atoms with Gasteiger partial charge in [0.1, 0.15) is 0 Å². The molecule has 0 spiro atoms. The van der Waals surface area contributed by atoms with E-state index < -0.39 is 0 Å². The number of nitrogens with zero attached hydrogens (tertiary/aromatic N) is 4. The molecule has 2 heterocycles. The second-order valence-corrected chi connectivity index (χ2v) is 7.25. The van der Waals surface area contributed by atoms with Gasteiger partial charge >= 0.3 is 0 Å². The second kappa shape index (κ2) is 8.60. The molecule has 0 radical (unpaired) electrons. The third-order valence-corrected chi connectivity index (χ3v) is 5.12. The summed E-state index contributed by atoms with van der Waals surface area (Å²) < 4.78 is 0. The van der Waals surface area contributed by atoms with Gasteiger partial charge in [-0.3, -0.25) is 10.4 Å². The van der Waals surface area contributed by atoms with Crippen LogP contribution in [0.4, 0.5) is 0 Å². The molecule has 2 fully saturated rings. The first-order valence-electron chi connectivity index (χ1n) is 9.24. The lowest BCUT2D eigenvalue weighted by Crippen LogP contribution is -2.50. The van der Waals surface area contributed by atoms with Gasteiger partial charge in [0.15, 0.2) is 0 Å². The van der Waals surface area contributed by atoms with Crippen LogP contribution >= 0.6 is 0 Å². The fraction of sp³-hybridized carbons (Fsp3) is 0.632. The van der Waals surface area contributed by atoms with Gasteiger partial charge in [-0.2, -0.15) is 5.10 Å². The number of hydrazine groups is 1. The third-order valence-electron chi connectivity index (χ3n) is 5.12. The molecule has 2 aliphatic heterocycles. The topological polar surface area (TPSA) is 34.1 Å². The van der Waals surface area contributed by atoms with Crippen LogP contribution in [-0.2, 0) is 6.54 Å². The molecule has 0 unspecified atom stereocenters. The van der Waals surface area contributed by atoms with Crippen LogP contribution in [0.1, 0.15) is 30.9 Å². The Morgan fingerprint density at radius 1 is 1.04 bits per heavy atom. The Kier molecular flexibility index (Phi) is 6.24. The zero-order chi connectivity index (χ0) is 16.8. The van der Waals surface area contributed by atoms with Crippen molar-refractivity contribution in [1.29, 1.82) is 0 Å². The van der Waals surface area contributed by atoms with E-state index >= 15 is 0 Å². The van der Waals surface area contributed by atoms with Gasteiger partial charge < -0.3 is 4.90 Å². The molecule has 3 rings (SSSR count). The number of likely N-dealkylation sites (N-methyl/N-ethyl adjacent to an activating group) is 1. The Morgan fingerprint density at radius 3 is 2.38 bits per heavy atom. The van der Waals surface area contributed by atoms with E-state index in [1.807, 2.05) is 6.21 Å². The largest absolute Gasteiger partial charge is 0.304 e. The molecular weight excluding hydrogens is 298 g/mol. The summed E-state index contributed by atoms with van der Waals surface area (Å²) in [6.07, 6.45) is 4.51. The van der Waals surface area contributed by atoms with E-state index in [1.165, 1.54) is 24.0 Å². The number of hydrogen-bond donors (Lipinski definition) is 1. The van der Waals surface area contributed by atoms with E-state index in [2.05, 4.69) is 63.7 Å². The van der Waals surface area contributed by atoms with Gasteiger partial charge in [-0.1, -0.05) is 31.2 Å². The minimum atomic E-state index is 0.850. The predicted molar refractivity (Wildman–Crippen MR) is 99.9 cm³/mol. The molecule has 0 aliphatic carbocycles. The summed E-state index contributed by atoms with van der Waals surface area (Å²) in [6.45, 7) is 9.86. The molecule has 0 aromatic heterocycles. The molecule has 0 amide bonds. The van der Waals surface area contributed by atoms with Crippen molar-refractivity contribution in [3.63, 3.8) is 0 Å². The first kappa shape index (κ1) is 17.4. The molecule has 132 valence electrons. The van der Waals surface area contributed by atoms with Crippen LogP contribution in [0.25, 0.3) is 0 Å². The van der Waals surface area contributed by atoms with Gasteiger partial charge in [-0.05, 0) is 36.9 Å². The summed E-state index contributed by atoms with van der Waals surface area (Å²) in [6, 6.07) is 8.72. The van der Waals surface area contributed by atoms with Crippen LogP contribution in [0.5, 0.6) is 0 Å². The average molecular weight is 329 g/mol. The first-order chi connectivity index (χ1) is 11.7. The van der Waals surface area contributed by atoms with Crippen molar-refractivity contribution in [3.05, 3.63) is 35.4 Å². The molecule has 24 heavy (non-hydrogen) atoms. The summed E-state index contributed by atoms with van der Waals surface area (Å²) in [5.41, 5.74) is 6.03. The first-order valence-corrected chi connectivity index (χ1v) is 9.24.